The fraction of sp³-hybridized carbons (Fsp3) is 0.600. The van der Waals surface area contributed by atoms with Gasteiger partial charge in [-0.1, -0.05) is 12.1 Å². The Hall–Kier alpha value is -2.28. The highest BCUT2D eigenvalue weighted by atomic mass is 16.3. The molecule has 0 radical (unpaired) electrons. The molecular formula is C20H28N4O3. The molecule has 1 saturated heterocycles. The maximum absolute atomic E-state index is 12.8. The first kappa shape index (κ1) is 19.5. The van der Waals surface area contributed by atoms with E-state index >= 15 is 0 Å². The molecule has 3 rings (SSSR count). The third-order valence-corrected chi connectivity index (χ3v) is 5.79. The smallest absolute Gasteiger partial charge is 0.317 e. The molecule has 1 fully saturated rings. The van der Waals surface area contributed by atoms with Gasteiger partial charge in [0.25, 0.3) is 5.91 Å². The molecule has 1 aromatic heterocycles. The zero-order valence-corrected chi connectivity index (χ0v) is 16.1. The molecule has 0 bridgehead atoms. The molecule has 7 nitrogen and oxygen atoms in total. The summed E-state index contributed by atoms with van der Waals surface area (Å²) >= 11 is 0. The number of aryl methyl sites for hydroxylation is 2. The summed E-state index contributed by atoms with van der Waals surface area (Å²) < 4.78 is 3.45. The molecule has 1 aliphatic heterocycles. The second kappa shape index (κ2) is 8.61. The number of fused-ring (bicyclic) bond motifs is 1. The normalized spacial score (nSPS) is 16.5. The summed E-state index contributed by atoms with van der Waals surface area (Å²) in [5.41, 5.74) is 2.98. The van der Waals surface area contributed by atoms with Gasteiger partial charge in [0.05, 0.1) is 11.0 Å². The summed E-state index contributed by atoms with van der Waals surface area (Å²) in [4.78, 5) is 34.4. The molecule has 1 amide bonds. The molecule has 7 heteroatoms. The second-order valence-corrected chi connectivity index (χ2v) is 7.60. The molecule has 1 atom stereocenters. The van der Waals surface area contributed by atoms with Gasteiger partial charge in [-0.3, -0.25) is 13.9 Å². The van der Waals surface area contributed by atoms with Crippen LogP contribution in [-0.4, -0.2) is 28.1 Å². The molecule has 1 unspecified atom stereocenters. The monoisotopic (exact) mass is 372 g/mol. The number of aromatic nitrogens is 2. The summed E-state index contributed by atoms with van der Waals surface area (Å²) in [6.45, 7) is 4.09. The van der Waals surface area contributed by atoms with Crippen molar-refractivity contribution in [3.05, 3.63) is 39.2 Å². The Morgan fingerprint density at radius 1 is 1.33 bits per heavy atom. The van der Waals surface area contributed by atoms with E-state index in [0.29, 0.717) is 6.42 Å². The Kier molecular flexibility index (Phi) is 6.21. The quantitative estimate of drug-likeness (QED) is 0.757. The average Bonchev–Trinajstić information content (AvgIpc) is 2.96. The minimum Gasteiger partial charge on any atom is -0.317 e. The van der Waals surface area contributed by atoms with Gasteiger partial charge in [0.15, 0.2) is 0 Å². The topological polar surface area (TPSA) is 85.5 Å². The molecular weight excluding hydrogens is 344 g/mol. The average molecular weight is 372 g/mol. The van der Waals surface area contributed by atoms with E-state index in [1.807, 2.05) is 19.1 Å². The predicted molar refractivity (Wildman–Crippen MR) is 106 cm³/mol. The first-order chi connectivity index (χ1) is 13.0. The Morgan fingerprint density at radius 2 is 2.07 bits per heavy atom. The number of nitroso groups, excluding NO2 is 1. The number of benzene rings is 1. The van der Waals surface area contributed by atoms with Crippen molar-refractivity contribution in [3.8, 4) is 0 Å². The summed E-state index contributed by atoms with van der Waals surface area (Å²) in [5.74, 6) is 0.0687. The third kappa shape index (κ3) is 4.18. The Bertz CT molecular complexity index is 877. The van der Waals surface area contributed by atoms with Crippen LogP contribution in [0.2, 0.25) is 0 Å². The molecule has 27 heavy (non-hydrogen) atoms. The first-order valence-electron chi connectivity index (χ1n) is 9.78. The number of rotatable bonds is 7. The van der Waals surface area contributed by atoms with Crippen LogP contribution in [0.3, 0.4) is 0 Å². The molecule has 1 aromatic carbocycles. The van der Waals surface area contributed by atoms with Crippen molar-refractivity contribution in [3.63, 3.8) is 0 Å². The van der Waals surface area contributed by atoms with E-state index < -0.39 is 5.91 Å². The van der Waals surface area contributed by atoms with Crippen LogP contribution in [0.15, 0.2) is 28.2 Å². The molecule has 0 spiro atoms. The Labute approximate surface area is 158 Å². The third-order valence-electron chi connectivity index (χ3n) is 5.79. The zero-order valence-electron chi connectivity index (χ0n) is 16.1. The van der Waals surface area contributed by atoms with Crippen molar-refractivity contribution in [1.29, 1.82) is 0 Å². The molecule has 146 valence electrons. The van der Waals surface area contributed by atoms with E-state index in [9.17, 15) is 14.5 Å². The van der Waals surface area contributed by atoms with E-state index in [0.717, 1.165) is 42.9 Å². The molecule has 1 N–H and O–H groups in total. The minimum absolute atomic E-state index is 0.0584. The molecule has 1 aliphatic rings. The van der Waals surface area contributed by atoms with Crippen LogP contribution in [0.1, 0.15) is 50.6 Å². The fourth-order valence-electron chi connectivity index (χ4n) is 4.18. The van der Waals surface area contributed by atoms with Gasteiger partial charge in [-0.15, -0.1) is 4.91 Å². The van der Waals surface area contributed by atoms with Gasteiger partial charge in [0, 0.05) is 24.7 Å². The number of nitrogens with zero attached hydrogens (tertiary/aromatic N) is 3. The molecule has 0 aliphatic carbocycles. The van der Waals surface area contributed by atoms with Gasteiger partial charge in [-0.05, 0) is 69.7 Å². The first-order valence-corrected chi connectivity index (χ1v) is 9.78. The second-order valence-electron chi connectivity index (χ2n) is 7.60. The number of nitrogens with one attached hydrogen (secondary N) is 1. The molecule has 0 saturated carbocycles. The van der Waals surface area contributed by atoms with Crippen LogP contribution in [0.5, 0.6) is 0 Å². The van der Waals surface area contributed by atoms with Crippen molar-refractivity contribution in [1.82, 2.24) is 14.5 Å². The standard InChI is InChI=1S/C20H28N4O3/c1-14(6-9-18(25)22-27)24-17-5-3-4-16(19(17)23(2)20(24)26)8-7-15-10-12-21-13-11-15/h3-5,14-15,21H,6-13H2,1-2H3. The fourth-order valence-corrected chi connectivity index (χ4v) is 4.18. The lowest BCUT2D eigenvalue weighted by Crippen LogP contribution is -2.27. The van der Waals surface area contributed by atoms with Crippen LogP contribution in [0.25, 0.3) is 11.0 Å². The van der Waals surface area contributed by atoms with E-state index in [2.05, 4.69) is 16.6 Å². The van der Waals surface area contributed by atoms with Gasteiger partial charge in [0.1, 0.15) is 0 Å². The maximum atomic E-state index is 12.8. The number of carbonyl (C=O) groups excluding carboxylic acids is 1. The Balaban J connectivity index is 1.86. The van der Waals surface area contributed by atoms with Crippen molar-refractivity contribution in [2.24, 2.45) is 18.1 Å². The van der Waals surface area contributed by atoms with Crippen LogP contribution in [-0.2, 0) is 18.3 Å². The van der Waals surface area contributed by atoms with E-state index in [1.165, 1.54) is 18.4 Å². The number of imidazole rings is 1. The van der Waals surface area contributed by atoms with Gasteiger partial charge >= 0.3 is 5.69 Å². The number of hydrogen-bond acceptors (Lipinski definition) is 4. The number of para-hydroxylation sites is 1. The summed E-state index contributed by atoms with van der Waals surface area (Å²) in [7, 11) is 1.81. The van der Waals surface area contributed by atoms with Crippen molar-refractivity contribution in [2.45, 2.75) is 51.5 Å². The molecule has 2 aromatic rings. The zero-order chi connectivity index (χ0) is 19.4. The van der Waals surface area contributed by atoms with Gasteiger partial charge in [-0.2, -0.15) is 0 Å². The predicted octanol–water partition coefficient (Wildman–Crippen LogP) is 2.91. The lowest BCUT2D eigenvalue weighted by molar-refractivity contribution is -0.118. The number of hydrogen-bond donors (Lipinski definition) is 1. The van der Waals surface area contributed by atoms with Crippen molar-refractivity contribution >= 4 is 16.9 Å². The lowest BCUT2D eigenvalue weighted by atomic mass is 9.91. The molecule has 2 heterocycles. The van der Waals surface area contributed by atoms with Gasteiger partial charge in [0.2, 0.25) is 0 Å². The highest BCUT2D eigenvalue weighted by Gasteiger charge is 2.20. The van der Waals surface area contributed by atoms with Gasteiger partial charge < -0.3 is 5.32 Å². The van der Waals surface area contributed by atoms with Crippen molar-refractivity contribution in [2.75, 3.05) is 13.1 Å². The van der Waals surface area contributed by atoms with E-state index in [4.69, 9.17) is 0 Å². The van der Waals surface area contributed by atoms with E-state index in [-0.39, 0.29) is 18.2 Å². The van der Waals surface area contributed by atoms with Gasteiger partial charge in [-0.25, -0.2) is 4.79 Å². The van der Waals surface area contributed by atoms with E-state index in [1.54, 1.807) is 16.2 Å². The SMILES string of the molecule is CC(CCC(=O)N=O)n1c(=O)n(C)c2c(CCC3CCNCC3)cccc21. The van der Waals surface area contributed by atoms with Crippen LogP contribution in [0, 0.1) is 10.8 Å². The highest BCUT2D eigenvalue weighted by Crippen LogP contribution is 2.26. The number of amides is 1. The largest absolute Gasteiger partial charge is 0.329 e. The number of carbonyl (C=O) groups is 1. The summed E-state index contributed by atoms with van der Waals surface area (Å²) in [6.07, 6.45) is 5.00. The lowest BCUT2D eigenvalue weighted by Gasteiger charge is -2.22. The van der Waals surface area contributed by atoms with Crippen LogP contribution < -0.4 is 11.0 Å². The Morgan fingerprint density at radius 3 is 2.78 bits per heavy atom. The van der Waals surface area contributed by atoms with Crippen molar-refractivity contribution < 1.29 is 4.79 Å². The van der Waals surface area contributed by atoms with Crippen LogP contribution in [0.4, 0.5) is 0 Å². The summed E-state index contributed by atoms with van der Waals surface area (Å²) in [6, 6.07) is 5.89. The highest BCUT2D eigenvalue weighted by molar-refractivity contribution is 5.80. The minimum atomic E-state index is -0.669. The summed E-state index contributed by atoms with van der Waals surface area (Å²) in [5, 5.41) is 5.84. The van der Waals surface area contributed by atoms with Crippen LogP contribution >= 0.6 is 0 Å². The number of piperidine rings is 1. The maximum Gasteiger partial charge on any atom is 0.329 e.